The Bertz CT molecular complexity index is 1010. The molecule has 138 valence electrons. The summed E-state index contributed by atoms with van der Waals surface area (Å²) in [6.45, 7) is 4.05. The zero-order valence-electron chi connectivity index (χ0n) is 14.5. The molecule has 0 spiro atoms. The molecule has 0 saturated carbocycles. The van der Waals surface area contributed by atoms with Gasteiger partial charge in [-0.1, -0.05) is 15.9 Å². The summed E-state index contributed by atoms with van der Waals surface area (Å²) < 4.78 is 4.11. The summed E-state index contributed by atoms with van der Waals surface area (Å²) >= 11 is 7.09. The molecule has 27 heavy (non-hydrogen) atoms. The largest absolute Gasteiger partial charge is 0.317 e. The predicted octanol–water partition coefficient (Wildman–Crippen LogP) is 5.37. The average Bonchev–Trinajstić information content (AvgIpc) is 2.86. The number of hydrogen-bond donors (Lipinski definition) is 1. The van der Waals surface area contributed by atoms with Crippen LogP contribution in [0.15, 0.2) is 56.6 Å². The minimum atomic E-state index is -0.492. The molecule has 9 heteroatoms. The average molecular weight is 493 g/mol. The molecule has 0 radical (unpaired) electrons. The molecular weight excluding hydrogens is 478 g/mol. The molecule has 0 aliphatic rings. The zero-order valence-corrected chi connectivity index (χ0v) is 17.7. The number of halogens is 2. The Morgan fingerprint density at radius 3 is 2.44 bits per heavy atom. The van der Waals surface area contributed by atoms with Gasteiger partial charge in [-0.3, -0.25) is 15.5 Å². The lowest BCUT2D eigenvalue weighted by Gasteiger charge is -2.09. The third-order valence-electron chi connectivity index (χ3n) is 4.03. The third kappa shape index (κ3) is 4.09. The second kappa shape index (κ2) is 8.01. The van der Waals surface area contributed by atoms with E-state index in [9.17, 15) is 10.1 Å². The van der Waals surface area contributed by atoms with Gasteiger partial charge in [0.15, 0.2) is 0 Å². The lowest BCUT2D eigenvalue weighted by Crippen LogP contribution is -1.99. The molecule has 0 bridgehead atoms. The fraction of sp³-hybridized carbons (Fsp3) is 0.111. The Balaban J connectivity index is 1.84. The van der Waals surface area contributed by atoms with Crippen LogP contribution in [0.3, 0.4) is 0 Å². The van der Waals surface area contributed by atoms with Crippen molar-refractivity contribution in [3.05, 3.63) is 78.6 Å². The van der Waals surface area contributed by atoms with Crippen LogP contribution in [-0.4, -0.2) is 20.7 Å². The van der Waals surface area contributed by atoms with E-state index in [1.807, 2.05) is 38.1 Å². The summed E-state index contributed by atoms with van der Waals surface area (Å²) in [5.74, 6) is 0.426. The standard InChI is InChI=1S/C18H15Br2N5O2/c1-11-16(10-22-23-17-8-7-15(9-21-17)25(26)27)18(20)12(2)24(11)14-5-3-13(19)4-6-14/h3-10H,1-2H3,(H,21,23)/b22-10-. The Morgan fingerprint density at radius 2 is 1.85 bits per heavy atom. The first-order chi connectivity index (χ1) is 12.9. The van der Waals surface area contributed by atoms with Crippen molar-refractivity contribution in [2.24, 2.45) is 5.10 Å². The molecule has 0 fully saturated rings. The van der Waals surface area contributed by atoms with Crippen molar-refractivity contribution in [3.63, 3.8) is 0 Å². The SMILES string of the molecule is Cc1c(Br)c(/C=N\Nc2ccc([N+](=O)[O-])cn2)c(C)n1-c1ccc(Br)cc1. The highest BCUT2D eigenvalue weighted by atomic mass is 79.9. The summed E-state index contributed by atoms with van der Waals surface area (Å²) in [4.78, 5) is 14.1. The minimum Gasteiger partial charge on any atom is -0.317 e. The molecule has 0 aliphatic heterocycles. The zero-order chi connectivity index (χ0) is 19.6. The van der Waals surface area contributed by atoms with Gasteiger partial charge in [-0.15, -0.1) is 0 Å². The molecule has 1 N–H and O–H groups in total. The second-order valence-corrected chi connectivity index (χ2v) is 7.45. The number of hydrogen-bond acceptors (Lipinski definition) is 5. The van der Waals surface area contributed by atoms with Crippen molar-refractivity contribution in [2.45, 2.75) is 13.8 Å². The number of pyridine rings is 1. The van der Waals surface area contributed by atoms with Crippen LogP contribution < -0.4 is 5.43 Å². The van der Waals surface area contributed by atoms with E-state index in [4.69, 9.17) is 0 Å². The monoisotopic (exact) mass is 491 g/mol. The van der Waals surface area contributed by atoms with Crippen LogP contribution in [0.2, 0.25) is 0 Å². The predicted molar refractivity (Wildman–Crippen MR) is 113 cm³/mol. The van der Waals surface area contributed by atoms with Crippen molar-refractivity contribution in [1.29, 1.82) is 0 Å². The lowest BCUT2D eigenvalue weighted by atomic mass is 10.2. The summed E-state index contributed by atoms with van der Waals surface area (Å²) in [6, 6.07) is 11.0. The summed E-state index contributed by atoms with van der Waals surface area (Å²) in [7, 11) is 0. The molecule has 0 saturated heterocycles. The van der Waals surface area contributed by atoms with Crippen LogP contribution in [-0.2, 0) is 0 Å². The molecule has 3 rings (SSSR count). The maximum atomic E-state index is 10.7. The Labute approximate surface area is 172 Å². The number of hydrazone groups is 1. The number of nitro groups is 1. The van der Waals surface area contributed by atoms with Crippen LogP contribution >= 0.6 is 31.9 Å². The summed E-state index contributed by atoms with van der Waals surface area (Å²) in [6.07, 6.45) is 2.89. The minimum absolute atomic E-state index is 0.0645. The van der Waals surface area contributed by atoms with Crippen LogP contribution in [0.1, 0.15) is 17.0 Å². The van der Waals surface area contributed by atoms with Crippen LogP contribution in [0.4, 0.5) is 11.5 Å². The fourth-order valence-corrected chi connectivity index (χ4v) is 3.51. The Kier molecular flexibility index (Phi) is 5.71. The van der Waals surface area contributed by atoms with Crippen molar-refractivity contribution >= 4 is 49.6 Å². The highest BCUT2D eigenvalue weighted by Crippen LogP contribution is 2.30. The van der Waals surface area contributed by atoms with Crippen molar-refractivity contribution in [1.82, 2.24) is 9.55 Å². The van der Waals surface area contributed by atoms with Gasteiger partial charge in [-0.05, 0) is 60.1 Å². The number of rotatable bonds is 5. The van der Waals surface area contributed by atoms with Crippen LogP contribution in [0, 0.1) is 24.0 Å². The molecular formula is C18H15Br2N5O2. The summed E-state index contributed by atoms with van der Waals surface area (Å²) in [5.41, 5.74) is 6.81. The molecule has 2 aromatic heterocycles. The van der Waals surface area contributed by atoms with Gasteiger partial charge in [0.05, 0.1) is 11.1 Å². The molecule has 0 unspecified atom stereocenters. The second-order valence-electron chi connectivity index (χ2n) is 5.74. The summed E-state index contributed by atoms with van der Waals surface area (Å²) in [5, 5.41) is 14.9. The molecule has 0 atom stereocenters. The van der Waals surface area contributed by atoms with Gasteiger partial charge in [0, 0.05) is 37.7 Å². The van der Waals surface area contributed by atoms with E-state index in [0.29, 0.717) is 5.82 Å². The van der Waals surface area contributed by atoms with Gasteiger partial charge in [0.25, 0.3) is 5.69 Å². The van der Waals surface area contributed by atoms with Gasteiger partial charge in [-0.2, -0.15) is 5.10 Å². The molecule has 0 aliphatic carbocycles. The van der Waals surface area contributed by atoms with E-state index in [1.165, 1.54) is 18.3 Å². The molecule has 3 aromatic rings. The maximum Gasteiger partial charge on any atom is 0.287 e. The van der Waals surface area contributed by atoms with E-state index in [0.717, 1.165) is 31.6 Å². The van der Waals surface area contributed by atoms with Crippen molar-refractivity contribution < 1.29 is 4.92 Å². The van der Waals surface area contributed by atoms with Gasteiger partial charge >= 0.3 is 0 Å². The number of aromatic nitrogens is 2. The normalized spacial score (nSPS) is 11.1. The van der Waals surface area contributed by atoms with Crippen molar-refractivity contribution in [3.8, 4) is 5.69 Å². The maximum absolute atomic E-state index is 10.7. The molecule has 0 amide bonds. The molecule has 7 nitrogen and oxygen atoms in total. The number of anilines is 1. The van der Waals surface area contributed by atoms with E-state index in [2.05, 4.69) is 51.9 Å². The van der Waals surface area contributed by atoms with Gasteiger partial charge < -0.3 is 4.57 Å². The number of benzene rings is 1. The van der Waals surface area contributed by atoms with Gasteiger partial charge in [0.2, 0.25) is 0 Å². The Hall–Kier alpha value is -2.52. The quantitative estimate of drug-likeness (QED) is 0.295. The first-order valence-corrected chi connectivity index (χ1v) is 9.50. The Morgan fingerprint density at radius 1 is 1.15 bits per heavy atom. The van der Waals surface area contributed by atoms with E-state index < -0.39 is 4.92 Å². The van der Waals surface area contributed by atoms with E-state index >= 15 is 0 Å². The fourth-order valence-electron chi connectivity index (χ4n) is 2.67. The first kappa shape index (κ1) is 19.2. The molecule has 2 heterocycles. The number of nitrogens with zero attached hydrogens (tertiary/aromatic N) is 4. The van der Waals surface area contributed by atoms with Gasteiger partial charge in [0.1, 0.15) is 12.0 Å². The van der Waals surface area contributed by atoms with E-state index in [1.54, 1.807) is 6.21 Å². The van der Waals surface area contributed by atoms with Crippen LogP contribution in [0.25, 0.3) is 5.69 Å². The highest BCUT2D eigenvalue weighted by Gasteiger charge is 2.15. The smallest absolute Gasteiger partial charge is 0.287 e. The molecule has 1 aromatic carbocycles. The topological polar surface area (TPSA) is 85.3 Å². The van der Waals surface area contributed by atoms with Crippen molar-refractivity contribution in [2.75, 3.05) is 5.43 Å². The van der Waals surface area contributed by atoms with E-state index in [-0.39, 0.29) is 5.69 Å². The highest BCUT2D eigenvalue weighted by molar-refractivity contribution is 9.10. The third-order valence-corrected chi connectivity index (χ3v) is 5.56. The van der Waals surface area contributed by atoms with Gasteiger partial charge in [-0.25, -0.2) is 4.98 Å². The lowest BCUT2D eigenvalue weighted by molar-refractivity contribution is -0.385. The number of nitrogens with one attached hydrogen (secondary N) is 1. The van der Waals surface area contributed by atoms with Crippen LogP contribution in [0.5, 0.6) is 0 Å². The first-order valence-electron chi connectivity index (χ1n) is 7.91.